The number of non-ortho nitro benzene ring substituents is 1. The fraction of sp³-hybridized carbons (Fsp3) is 0.150. The van der Waals surface area contributed by atoms with E-state index >= 15 is 0 Å². The summed E-state index contributed by atoms with van der Waals surface area (Å²) in [5.74, 6) is -0.689. The van der Waals surface area contributed by atoms with Gasteiger partial charge in [-0.3, -0.25) is 24.6 Å². The number of oxazole rings is 1. The van der Waals surface area contributed by atoms with Gasteiger partial charge >= 0.3 is 0 Å². The van der Waals surface area contributed by atoms with Gasteiger partial charge in [0.05, 0.1) is 28.3 Å². The number of aryl methyl sites for hydroxylation is 2. The molecule has 0 aliphatic carbocycles. The summed E-state index contributed by atoms with van der Waals surface area (Å²) in [6.45, 7) is 3.86. The molecule has 0 atom stereocenters. The average molecular weight is 377 g/mol. The van der Waals surface area contributed by atoms with Gasteiger partial charge in [-0.05, 0) is 31.5 Å². The van der Waals surface area contributed by atoms with Gasteiger partial charge < -0.3 is 4.42 Å². The first-order chi connectivity index (χ1) is 13.3. The zero-order valence-corrected chi connectivity index (χ0v) is 15.1. The van der Waals surface area contributed by atoms with E-state index in [-0.39, 0.29) is 23.4 Å². The van der Waals surface area contributed by atoms with E-state index in [1.807, 2.05) is 32.0 Å². The second-order valence-corrected chi connectivity index (χ2v) is 6.65. The van der Waals surface area contributed by atoms with E-state index in [9.17, 15) is 19.7 Å². The molecule has 3 aromatic rings. The van der Waals surface area contributed by atoms with Gasteiger partial charge in [0.25, 0.3) is 17.5 Å². The number of fused-ring (bicyclic) bond motifs is 1. The van der Waals surface area contributed by atoms with E-state index in [2.05, 4.69) is 4.98 Å². The fourth-order valence-electron chi connectivity index (χ4n) is 3.25. The number of carbonyl (C=O) groups excluding carboxylic acids is 2. The normalized spacial score (nSPS) is 13.1. The van der Waals surface area contributed by atoms with Crippen LogP contribution in [0.4, 0.5) is 5.69 Å². The van der Waals surface area contributed by atoms with Gasteiger partial charge in [-0.1, -0.05) is 17.7 Å². The monoisotopic (exact) mass is 377 g/mol. The summed E-state index contributed by atoms with van der Waals surface area (Å²) in [6.07, 6.45) is 1.40. The Morgan fingerprint density at radius 3 is 2.46 bits per heavy atom. The van der Waals surface area contributed by atoms with Crippen molar-refractivity contribution in [3.05, 3.63) is 80.7 Å². The van der Waals surface area contributed by atoms with Crippen LogP contribution in [0, 0.1) is 24.0 Å². The van der Waals surface area contributed by atoms with Crippen molar-refractivity contribution in [3.63, 3.8) is 0 Å². The number of nitrogens with zero attached hydrogens (tertiary/aromatic N) is 3. The summed E-state index contributed by atoms with van der Waals surface area (Å²) in [4.78, 5) is 40.8. The van der Waals surface area contributed by atoms with E-state index in [0.29, 0.717) is 11.6 Å². The maximum Gasteiger partial charge on any atom is 0.270 e. The van der Waals surface area contributed by atoms with E-state index in [0.717, 1.165) is 27.7 Å². The molecule has 0 bridgehead atoms. The molecule has 4 rings (SSSR count). The van der Waals surface area contributed by atoms with Gasteiger partial charge in [-0.25, -0.2) is 4.98 Å². The Hall–Kier alpha value is -3.81. The molecule has 0 saturated carbocycles. The standard InChI is InChI=1S/C20H15N3O5/c1-11-3-5-15(12(2)7-11)18-21-13(10-28-18)9-22-19(24)16-6-4-14(23(26)27)8-17(16)20(22)25/h3-8,10H,9H2,1-2H3. The van der Waals surface area contributed by atoms with E-state index in [1.54, 1.807) is 0 Å². The number of benzene rings is 2. The highest BCUT2D eigenvalue weighted by Crippen LogP contribution is 2.29. The van der Waals surface area contributed by atoms with Crippen molar-refractivity contribution in [1.29, 1.82) is 0 Å². The van der Waals surface area contributed by atoms with Crippen molar-refractivity contribution in [2.45, 2.75) is 20.4 Å². The molecule has 2 aromatic carbocycles. The number of carbonyl (C=O) groups is 2. The molecule has 2 amide bonds. The lowest BCUT2D eigenvalue weighted by Crippen LogP contribution is -2.29. The third-order valence-corrected chi connectivity index (χ3v) is 4.65. The summed E-state index contributed by atoms with van der Waals surface area (Å²) in [6, 6.07) is 9.50. The minimum absolute atomic E-state index is 0.0253. The van der Waals surface area contributed by atoms with E-state index < -0.39 is 16.7 Å². The third kappa shape index (κ3) is 2.84. The Labute approximate surface area is 159 Å². The maximum absolute atomic E-state index is 12.6. The highest BCUT2D eigenvalue weighted by molar-refractivity contribution is 6.21. The van der Waals surface area contributed by atoms with Gasteiger partial charge in [0.15, 0.2) is 0 Å². The number of nitro benzene ring substituents is 1. The number of rotatable bonds is 4. The van der Waals surface area contributed by atoms with Crippen molar-refractivity contribution in [2.75, 3.05) is 0 Å². The fourth-order valence-corrected chi connectivity index (χ4v) is 3.25. The molecule has 8 nitrogen and oxygen atoms in total. The van der Waals surface area contributed by atoms with Crippen molar-refractivity contribution in [1.82, 2.24) is 9.88 Å². The largest absolute Gasteiger partial charge is 0.444 e. The van der Waals surface area contributed by atoms with Crippen LogP contribution in [0.1, 0.15) is 37.5 Å². The first kappa shape index (κ1) is 17.6. The molecule has 1 aliphatic rings. The number of aromatic nitrogens is 1. The Morgan fingerprint density at radius 2 is 1.75 bits per heavy atom. The molecule has 1 aromatic heterocycles. The molecule has 0 unspecified atom stereocenters. The molecule has 0 saturated heterocycles. The van der Waals surface area contributed by atoms with Gasteiger partial charge in [-0.15, -0.1) is 0 Å². The van der Waals surface area contributed by atoms with Gasteiger partial charge in [0, 0.05) is 17.7 Å². The van der Waals surface area contributed by atoms with Crippen LogP contribution in [0.25, 0.3) is 11.5 Å². The first-order valence-electron chi connectivity index (χ1n) is 8.52. The summed E-state index contributed by atoms with van der Waals surface area (Å²) in [5, 5.41) is 10.9. The van der Waals surface area contributed by atoms with Crippen molar-refractivity contribution in [3.8, 4) is 11.5 Å². The molecule has 1 aliphatic heterocycles. The summed E-state index contributed by atoms with van der Waals surface area (Å²) < 4.78 is 5.53. The Bertz CT molecular complexity index is 1150. The second kappa shape index (κ2) is 6.41. The van der Waals surface area contributed by atoms with Crippen LogP contribution in [-0.4, -0.2) is 26.6 Å². The quantitative estimate of drug-likeness (QED) is 0.390. The summed E-state index contributed by atoms with van der Waals surface area (Å²) >= 11 is 0. The number of imide groups is 1. The molecule has 0 fully saturated rings. The number of amides is 2. The van der Waals surface area contributed by atoms with Crippen LogP contribution < -0.4 is 0 Å². The summed E-state index contributed by atoms with van der Waals surface area (Å²) in [5.41, 5.74) is 3.30. The van der Waals surface area contributed by atoms with Crippen LogP contribution in [-0.2, 0) is 6.54 Å². The van der Waals surface area contributed by atoms with E-state index in [4.69, 9.17) is 4.42 Å². The van der Waals surface area contributed by atoms with Crippen LogP contribution in [0.5, 0.6) is 0 Å². The SMILES string of the molecule is Cc1ccc(-c2nc(CN3C(=O)c4ccc([N+](=O)[O-])cc4C3=O)co2)c(C)c1. The lowest BCUT2D eigenvalue weighted by atomic mass is 10.1. The topological polar surface area (TPSA) is 107 Å². The van der Waals surface area contributed by atoms with Gasteiger partial charge in [0.2, 0.25) is 5.89 Å². The Kier molecular flexibility index (Phi) is 4.03. The van der Waals surface area contributed by atoms with Crippen LogP contribution in [0.15, 0.2) is 47.1 Å². The van der Waals surface area contributed by atoms with Crippen molar-refractivity contribution >= 4 is 17.5 Å². The predicted molar refractivity (Wildman–Crippen MR) is 98.7 cm³/mol. The minimum atomic E-state index is -0.603. The molecule has 0 N–H and O–H groups in total. The zero-order chi connectivity index (χ0) is 20.0. The molecule has 140 valence electrons. The maximum atomic E-state index is 12.6. The first-order valence-corrected chi connectivity index (χ1v) is 8.52. The number of hydrogen-bond donors (Lipinski definition) is 0. The Morgan fingerprint density at radius 1 is 1.04 bits per heavy atom. The van der Waals surface area contributed by atoms with Crippen LogP contribution >= 0.6 is 0 Å². The number of nitro groups is 1. The molecule has 2 heterocycles. The zero-order valence-electron chi connectivity index (χ0n) is 15.1. The highest BCUT2D eigenvalue weighted by atomic mass is 16.6. The lowest BCUT2D eigenvalue weighted by molar-refractivity contribution is -0.384. The predicted octanol–water partition coefficient (Wildman–Crippen LogP) is 3.66. The molecule has 8 heteroatoms. The second-order valence-electron chi connectivity index (χ2n) is 6.65. The summed E-state index contributed by atoms with van der Waals surface area (Å²) in [7, 11) is 0. The lowest BCUT2D eigenvalue weighted by Gasteiger charge is -2.11. The van der Waals surface area contributed by atoms with Gasteiger partial charge in [0.1, 0.15) is 6.26 Å². The van der Waals surface area contributed by atoms with Gasteiger partial charge in [-0.2, -0.15) is 0 Å². The highest BCUT2D eigenvalue weighted by Gasteiger charge is 2.37. The molecular weight excluding hydrogens is 362 g/mol. The smallest absolute Gasteiger partial charge is 0.270 e. The number of hydrogen-bond acceptors (Lipinski definition) is 6. The Balaban J connectivity index is 1.60. The average Bonchev–Trinajstić information content (AvgIpc) is 3.21. The molecular formula is C20H15N3O5. The molecule has 0 radical (unpaired) electrons. The van der Waals surface area contributed by atoms with Crippen molar-refractivity contribution < 1.29 is 18.9 Å². The van der Waals surface area contributed by atoms with Crippen molar-refractivity contribution in [2.24, 2.45) is 0 Å². The van der Waals surface area contributed by atoms with Crippen LogP contribution in [0.3, 0.4) is 0 Å². The minimum Gasteiger partial charge on any atom is -0.444 e. The van der Waals surface area contributed by atoms with E-state index in [1.165, 1.54) is 18.4 Å². The molecule has 0 spiro atoms. The van der Waals surface area contributed by atoms with Crippen LogP contribution in [0.2, 0.25) is 0 Å². The molecule has 28 heavy (non-hydrogen) atoms. The third-order valence-electron chi connectivity index (χ3n) is 4.65.